The van der Waals surface area contributed by atoms with E-state index in [1.807, 2.05) is 0 Å². The van der Waals surface area contributed by atoms with Crippen molar-refractivity contribution >= 4 is 19.9 Å². The average Bonchev–Trinajstić information content (AvgIpc) is 2.29. The highest BCUT2D eigenvalue weighted by molar-refractivity contribution is 7.91. The average molecular weight is 264 g/mol. The Morgan fingerprint density at radius 1 is 1.06 bits per heavy atom. The Morgan fingerprint density at radius 3 is 1.88 bits per heavy atom. The first-order chi connectivity index (χ1) is 7.33. The van der Waals surface area contributed by atoms with Crippen molar-refractivity contribution in [1.82, 2.24) is 4.83 Å². The minimum Gasteiger partial charge on any atom is -0.257 e. The summed E-state index contributed by atoms with van der Waals surface area (Å²) in [6.45, 7) is 1.52. The minimum absolute atomic E-state index is 0.0335. The highest BCUT2D eigenvalue weighted by Crippen LogP contribution is 2.14. The molecule has 90 valence electrons. The highest BCUT2D eigenvalue weighted by atomic mass is 32.2. The molecule has 1 aromatic rings. The lowest BCUT2D eigenvalue weighted by atomic mass is 10.4. The lowest BCUT2D eigenvalue weighted by molar-refractivity contribution is 0.583. The summed E-state index contributed by atoms with van der Waals surface area (Å²) in [5, 5.41) is 0. The van der Waals surface area contributed by atoms with Gasteiger partial charge >= 0.3 is 0 Å². The summed E-state index contributed by atoms with van der Waals surface area (Å²) in [7, 11) is -7.05. The van der Waals surface area contributed by atoms with Crippen molar-refractivity contribution < 1.29 is 16.8 Å². The molecular formula is C8H12N2O4S2. The maximum atomic E-state index is 11.4. The fourth-order valence-corrected chi connectivity index (χ4v) is 2.58. The second-order valence-corrected chi connectivity index (χ2v) is 6.99. The van der Waals surface area contributed by atoms with Crippen molar-refractivity contribution in [3.05, 3.63) is 24.3 Å². The van der Waals surface area contributed by atoms with Gasteiger partial charge in [-0.25, -0.2) is 16.8 Å². The van der Waals surface area contributed by atoms with Gasteiger partial charge in [-0.05, 0) is 24.3 Å². The van der Waals surface area contributed by atoms with Gasteiger partial charge < -0.3 is 0 Å². The number of nitrogens with two attached hydrogens (primary N) is 1. The van der Waals surface area contributed by atoms with Gasteiger partial charge in [0.15, 0.2) is 9.84 Å². The van der Waals surface area contributed by atoms with Crippen LogP contribution in [0.25, 0.3) is 0 Å². The van der Waals surface area contributed by atoms with E-state index in [1.54, 1.807) is 4.83 Å². The molecule has 0 aliphatic carbocycles. The van der Waals surface area contributed by atoms with Gasteiger partial charge in [-0.3, -0.25) is 5.84 Å². The SMILES string of the molecule is CCS(=O)(=O)c1ccc(S(=O)(=O)NN)cc1. The molecule has 8 heteroatoms. The van der Waals surface area contributed by atoms with Crippen molar-refractivity contribution in [2.75, 3.05) is 5.75 Å². The maximum absolute atomic E-state index is 11.4. The van der Waals surface area contributed by atoms with Crippen LogP contribution in [0.4, 0.5) is 0 Å². The van der Waals surface area contributed by atoms with Crippen LogP contribution in [-0.2, 0) is 19.9 Å². The Bertz CT molecular complexity index is 508. The van der Waals surface area contributed by atoms with Crippen molar-refractivity contribution in [2.24, 2.45) is 5.84 Å². The molecule has 0 saturated heterocycles. The minimum atomic E-state index is -3.73. The van der Waals surface area contributed by atoms with E-state index in [0.717, 1.165) is 0 Å². The third-order valence-electron chi connectivity index (χ3n) is 2.03. The second kappa shape index (κ2) is 4.50. The Labute approximate surface area is 94.4 Å². The van der Waals surface area contributed by atoms with E-state index in [-0.39, 0.29) is 15.5 Å². The number of sulfonamides is 1. The topological polar surface area (TPSA) is 106 Å². The molecule has 16 heavy (non-hydrogen) atoms. The molecule has 0 amide bonds. The molecule has 0 heterocycles. The molecule has 0 aliphatic rings. The number of sulfone groups is 1. The summed E-state index contributed by atoms with van der Waals surface area (Å²) in [5.41, 5.74) is 0. The van der Waals surface area contributed by atoms with E-state index in [2.05, 4.69) is 0 Å². The second-order valence-electron chi connectivity index (χ2n) is 3.00. The summed E-state index contributed by atoms with van der Waals surface area (Å²) in [6.07, 6.45) is 0. The summed E-state index contributed by atoms with van der Waals surface area (Å²) in [5.74, 6) is 4.80. The van der Waals surface area contributed by atoms with Crippen molar-refractivity contribution in [3.63, 3.8) is 0 Å². The quantitative estimate of drug-likeness (QED) is 0.570. The van der Waals surface area contributed by atoms with E-state index in [0.29, 0.717) is 0 Å². The number of hydrogen-bond donors (Lipinski definition) is 2. The predicted molar refractivity (Wildman–Crippen MR) is 58.7 cm³/mol. The summed E-state index contributed by atoms with van der Waals surface area (Å²) in [6, 6.07) is 4.86. The van der Waals surface area contributed by atoms with Crippen LogP contribution in [0.15, 0.2) is 34.1 Å². The van der Waals surface area contributed by atoms with E-state index >= 15 is 0 Å². The molecule has 0 aliphatic heterocycles. The lowest BCUT2D eigenvalue weighted by Crippen LogP contribution is -2.30. The molecule has 3 N–H and O–H groups in total. The van der Waals surface area contributed by atoms with Crippen LogP contribution in [0, 0.1) is 0 Å². The van der Waals surface area contributed by atoms with Gasteiger partial charge in [0.2, 0.25) is 0 Å². The van der Waals surface area contributed by atoms with Gasteiger partial charge in [0.05, 0.1) is 15.5 Å². The van der Waals surface area contributed by atoms with Crippen molar-refractivity contribution in [3.8, 4) is 0 Å². The predicted octanol–water partition coefficient (Wildman–Crippen LogP) is -0.368. The molecule has 0 atom stereocenters. The smallest absolute Gasteiger partial charge is 0.253 e. The number of benzene rings is 1. The van der Waals surface area contributed by atoms with Gasteiger partial charge in [-0.1, -0.05) is 6.92 Å². The Balaban J connectivity index is 3.21. The molecule has 1 rings (SSSR count). The van der Waals surface area contributed by atoms with Gasteiger partial charge in [0, 0.05) is 0 Å². The molecule has 6 nitrogen and oxygen atoms in total. The van der Waals surface area contributed by atoms with Crippen LogP contribution in [0.1, 0.15) is 6.92 Å². The molecule has 0 saturated carbocycles. The fourth-order valence-electron chi connectivity index (χ4n) is 1.06. The highest BCUT2D eigenvalue weighted by Gasteiger charge is 2.15. The first-order valence-corrected chi connectivity index (χ1v) is 7.52. The van der Waals surface area contributed by atoms with Gasteiger partial charge in [-0.2, -0.15) is 4.83 Å². The molecule has 0 fully saturated rings. The van der Waals surface area contributed by atoms with Crippen LogP contribution in [0.3, 0.4) is 0 Å². The van der Waals surface area contributed by atoms with Gasteiger partial charge in [-0.15, -0.1) is 0 Å². The third kappa shape index (κ3) is 2.59. The number of hydrogen-bond acceptors (Lipinski definition) is 5. The fraction of sp³-hybridized carbons (Fsp3) is 0.250. The first-order valence-electron chi connectivity index (χ1n) is 4.38. The van der Waals surface area contributed by atoms with E-state index in [9.17, 15) is 16.8 Å². The largest absolute Gasteiger partial charge is 0.257 e. The normalized spacial score (nSPS) is 12.6. The summed E-state index contributed by atoms with van der Waals surface area (Å²) < 4.78 is 45.4. The number of rotatable bonds is 4. The van der Waals surface area contributed by atoms with Crippen LogP contribution < -0.4 is 10.7 Å². The monoisotopic (exact) mass is 264 g/mol. The molecule has 0 bridgehead atoms. The third-order valence-corrected chi connectivity index (χ3v) is 4.98. The lowest BCUT2D eigenvalue weighted by Gasteiger charge is -2.04. The zero-order chi connectivity index (χ0) is 12.4. The zero-order valence-corrected chi connectivity index (χ0v) is 10.2. The molecule has 0 spiro atoms. The first kappa shape index (κ1) is 13.1. The van der Waals surface area contributed by atoms with Gasteiger partial charge in [0.25, 0.3) is 10.0 Å². The van der Waals surface area contributed by atoms with Crippen LogP contribution in [-0.4, -0.2) is 22.6 Å². The van der Waals surface area contributed by atoms with Crippen molar-refractivity contribution in [1.29, 1.82) is 0 Å². The standard InChI is InChI=1S/C8H12N2O4S2/c1-2-15(11,12)7-3-5-8(6-4-7)16(13,14)10-9/h3-6,10H,2,9H2,1H3. The van der Waals surface area contributed by atoms with Crippen LogP contribution in [0.5, 0.6) is 0 Å². The van der Waals surface area contributed by atoms with E-state index < -0.39 is 19.9 Å². The zero-order valence-electron chi connectivity index (χ0n) is 8.54. The molecule has 1 aromatic carbocycles. The molecule has 0 aromatic heterocycles. The maximum Gasteiger partial charge on any atom is 0.253 e. The van der Waals surface area contributed by atoms with Gasteiger partial charge in [0.1, 0.15) is 0 Å². The van der Waals surface area contributed by atoms with Crippen molar-refractivity contribution in [2.45, 2.75) is 16.7 Å². The van der Waals surface area contributed by atoms with E-state index in [1.165, 1.54) is 31.2 Å². The summed E-state index contributed by atoms with van der Waals surface area (Å²) >= 11 is 0. The Hall–Kier alpha value is -0.960. The number of nitrogens with one attached hydrogen (secondary N) is 1. The van der Waals surface area contributed by atoms with E-state index in [4.69, 9.17) is 5.84 Å². The molecular weight excluding hydrogens is 252 g/mol. The van der Waals surface area contributed by atoms with Crippen LogP contribution in [0.2, 0.25) is 0 Å². The van der Waals surface area contributed by atoms with Crippen LogP contribution >= 0.6 is 0 Å². The Kier molecular flexibility index (Phi) is 3.68. The summed E-state index contributed by atoms with van der Waals surface area (Å²) in [4.78, 5) is 1.66. The Morgan fingerprint density at radius 2 is 1.50 bits per heavy atom. The number of hydrazine groups is 1. The molecule has 0 radical (unpaired) electrons. The molecule has 0 unspecified atom stereocenters.